The number of hydrogen-bond donors (Lipinski definition) is 1. The topological polar surface area (TPSA) is 72.8 Å². The van der Waals surface area contributed by atoms with Crippen LogP contribution in [0.4, 0.5) is 0 Å². The molecule has 0 aliphatic carbocycles. The fourth-order valence-corrected chi connectivity index (χ4v) is 9.05. The monoisotopic (exact) mass is 1130 g/mol. The first-order valence-corrected chi connectivity index (χ1v) is 33.7. The molecular formula is C77H124O5. The van der Waals surface area contributed by atoms with E-state index in [-0.39, 0.29) is 25.2 Å². The Hall–Kier alpha value is -4.74. The lowest BCUT2D eigenvalue weighted by Gasteiger charge is -2.15. The summed E-state index contributed by atoms with van der Waals surface area (Å²) in [5, 5.41) is 9.69. The second-order valence-electron chi connectivity index (χ2n) is 21.8. The van der Waals surface area contributed by atoms with Gasteiger partial charge in [-0.3, -0.25) is 9.59 Å². The molecular weight excluding hydrogens is 1000 g/mol. The minimum Gasteiger partial charge on any atom is -0.462 e. The third kappa shape index (κ3) is 67.8. The van der Waals surface area contributed by atoms with Crippen LogP contribution in [0.15, 0.2) is 170 Å². The zero-order chi connectivity index (χ0) is 59.1. The molecule has 0 aromatic rings. The Kier molecular flexibility index (Phi) is 66.4. The van der Waals surface area contributed by atoms with E-state index in [1.54, 1.807) is 0 Å². The number of carbonyl (C=O) groups is 2. The molecule has 5 heteroatoms. The summed E-state index contributed by atoms with van der Waals surface area (Å²) in [7, 11) is 0. The van der Waals surface area contributed by atoms with E-state index in [0.717, 1.165) is 148 Å². The van der Waals surface area contributed by atoms with Crippen LogP contribution in [0.1, 0.15) is 284 Å². The van der Waals surface area contributed by atoms with Crippen molar-refractivity contribution in [1.29, 1.82) is 0 Å². The first-order valence-electron chi connectivity index (χ1n) is 33.7. The summed E-state index contributed by atoms with van der Waals surface area (Å²) in [6.45, 7) is 3.90. The Labute approximate surface area is 506 Å². The Morgan fingerprint density at radius 1 is 0.280 bits per heavy atom. The molecule has 0 aliphatic heterocycles. The summed E-state index contributed by atoms with van der Waals surface area (Å²) in [6.07, 6.45) is 109. The maximum Gasteiger partial charge on any atom is 0.306 e. The zero-order valence-electron chi connectivity index (χ0n) is 52.9. The Morgan fingerprint density at radius 3 is 0.732 bits per heavy atom. The van der Waals surface area contributed by atoms with E-state index in [0.29, 0.717) is 12.8 Å². The van der Waals surface area contributed by atoms with Crippen molar-refractivity contribution in [3.63, 3.8) is 0 Å². The maximum atomic E-state index is 12.4. The minimum absolute atomic E-state index is 0.0819. The molecule has 0 rings (SSSR count). The van der Waals surface area contributed by atoms with Gasteiger partial charge in [0.05, 0.1) is 6.61 Å². The highest BCUT2D eigenvalue weighted by Crippen LogP contribution is 2.16. The first kappa shape index (κ1) is 77.3. The van der Waals surface area contributed by atoms with Gasteiger partial charge in [-0.15, -0.1) is 0 Å². The molecule has 1 N–H and O–H groups in total. The maximum absolute atomic E-state index is 12.4. The second kappa shape index (κ2) is 70.5. The van der Waals surface area contributed by atoms with Crippen LogP contribution < -0.4 is 0 Å². The Morgan fingerprint density at radius 2 is 0.488 bits per heavy atom. The largest absolute Gasteiger partial charge is 0.462 e. The summed E-state index contributed by atoms with van der Waals surface area (Å²) < 4.78 is 10.7. The van der Waals surface area contributed by atoms with Crippen LogP contribution in [0.2, 0.25) is 0 Å². The molecule has 0 aromatic carbocycles. The molecule has 82 heavy (non-hydrogen) atoms. The van der Waals surface area contributed by atoms with Crippen molar-refractivity contribution in [2.24, 2.45) is 0 Å². The van der Waals surface area contributed by atoms with Crippen LogP contribution in [0.3, 0.4) is 0 Å². The minimum atomic E-state index is -0.795. The number of ether oxygens (including phenoxy) is 2. The first-order chi connectivity index (χ1) is 40.6. The molecule has 0 saturated heterocycles. The van der Waals surface area contributed by atoms with Crippen molar-refractivity contribution in [3.05, 3.63) is 170 Å². The van der Waals surface area contributed by atoms with Gasteiger partial charge in [0.2, 0.25) is 0 Å². The molecule has 1 unspecified atom stereocenters. The third-order valence-corrected chi connectivity index (χ3v) is 14.0. The molecule has 0 heterocycles. The highest BCUT2D eigenvalue weighted by atomic mass is 16.6. The van der Waals surface area contributed by atoms with E-state index in [4.69, 9.17) is 9.47 Å². The summed E-state index contributed by atoms with van der Waals surface area (Å²) in [4.78, 5) is 24.6. The number of hydrogen-bond acceptors (Lipinski definition) is 5. The number of esters is 2. The lowest BCUT2D eigenvalue weighted by Crippen LogP contribution is -2.28. The fourth-order valence-electron chi connectivity index (χ4n) is 9.05. The fraction of sp³-hybridized carbons (Fsp3) is 0.610. The molecule has 0 saturated carbocycles. The molecule has 0 aliphatic rings. The van der Waals surface area contributed by atoms with E-state index in [1.165, 1.54) is 109 Å². The van der Waals surface area contributed by atoms with Crippen molar-refractivity contribution >= 4 is 11.9 Å². The van der Waals surface area contributed by atoms with Crippen molar-refractivity contribution < 1.29 is 24.2 Å². The number of allylic oxidation sites excluding steroid dienone is 28. The van der Waals surface area contributed by atoms with Crippen molar-refractivity contribution in [2.45, 2.75) is 290 Å². The lowest BCUT2D eigenvalue weighted by molar-refractivity contribution is -0.161. The molecule has 0 spiro atoms. The summed E-state index contributed by atoms with van der Waals surface area (Å²) in [6, 6.07) is 0. The van der Waals surface area contributed by atoms with Gasteiger partial charge in [-0.25, -0.2) is 0 Å². The van der Waals surface area contributed by atoms with Crippen LogP contribution in [0.5, 0.6) is 0 Å². The van der Waals surface area contributed by atoms with Gasteiger partial charge in [-0.1, -0.05) is 312 Å². The van der Waals surface area contributed by atoms with Crippen LogP contribution >= 0.6 is 0 Å². The third-order valence-electron chi connectivity index (χ3n) is 14.0. The summed E-state index contributed by atoms with van der Waals surface area (Å²) in [5.41, 5.74) is 0. The van der Waals surface area contributed by atoms with Gasteiger partial charge in [0.25, 0.3) is 0 Å². The van der Waals surface area contributed by atoms with E-state index in [9.17, 15) is 14.7 Å². The quantitative estimate of drug-likeness (QED) is 0.0373. The number of carbonyl (C=O) groups excluding carboxylic acids is 2. The number of unbranched alkanes of at least 4 members (excludes halogenated alkanes) is 24. The lowest BCUT2D eigenvalue weighted by atomic mass is 10.0. The van der Waals surface area contributed by atoms with Crippen LogP contribution in [-0.4, -0.2) is 36.4 Å². The van der Waals surface area contributed by atoms with Gasteiger partial charge in [0.15, 0.2) is 6.10 Å². The van der Waals surface area contributed by atoms with Gasteiger partial charge < -0.3 is 14.6 Å². The summed E-state index contributed by atoms with van der Waals surface area (Å²) >= 11 is 0. The van der Waals surface area contributed by atoms with Gasteiger partial charge in [0.1, 0.15) is 6.61 Å². The van der Waals surface area contributed by atoms with Crippen LogP contribution in [-0.2, 0) is 19.1 Å². The normalized spacial score (nSPS) is 13.4. The molecule has 1 atom stereocenters. The average molecular weight is 1130 g/mol. The number of aliphatic hydroxyl groups is 1. The highest BCUT2D eigenvalue weighted by molar-refractivity contribution is 5.70. The van der Waals surface area contributed by atoms with Crippen LogP contribution in [0, 0.1) is 0 Å². The van der Waals surface area contributed by atoms with E-state index >= 15 is 0 Å². The highest BCUT2D eigenvalue weighted by Gasteiger charge is 2.16. The molecule has 0 fully saturated rings. The van der Waals surface area contributed by atoms with E-state index in [1.807, 2.05) is 0 Å². The molecule has 0 aromatic heterocycles. The second-order valence-corrected chi connectivity index (χ2v) is 21.8. The smallest absolute Gasteiger partial charge is 0.306 e. The molecule has 462 valence electrons. The average Bonchev–Trinajstić information content (AvgIpc) is 3.49. The summed E-state index contributed by atoms with van der Waals surface area (Å²) in [5.74, 6) is -0.616. The Balaban J connectivity index is 3.56. The zero-order valence-corrected chi connectivity index (χ0v) is 52.9. The SMILES string of the molecule is CC/C=C\C/C=C\C/C=C\C/C=C\C/C=C\C/C=C\C/C=C\C/C=C\C/C=C\CCCCCCCC(=O)OC(CO)COC(=O)CCCCCCCCCCCCCCCCCCCCC/C=C\C/C=C\C/C=C\C/C=C\C/C=C\CC. The van der Waals surface area contributed by atoms with E-state index < -0.39 is 6.10 Å². The van der Waals surface area contributed by atoms with E-state index in [2.05, 4.69) is 184 Å². The van der Waals surface area contributed by atoms with Gasteiger partial charge in [-0.05, 0) is 128 Å². The Bertz CT molecular complexity index is 1810. The number of rotatable bonds is 60. The van der Waals surface area contributed by atoms with Crippen molar-refractivity contribution in [3.8, 4) is 0 Å². The van der Waals surface area contributed by atoms with Gasteiger partial charge in [0, 0.05) is 12.8 Å². The molecule has 0 radical (unpaired) electrons. The number of aliphatic hydroxyl groups excluding tert-OH is 1. The molecule has 0 bridgehead atoms. The predicted molar refractivity (Wildman–Crippen MR) is 361 cm³/mol. The van der Waals surface area contributed by atoms with Crippen LogP contribution in [0.25, 0.3) is 0 Å². The predicted octanol–water partition coefficient (Wildman–Crippen LogP) is 23.6. The van der Waals surface area contributed by atoms with Crippen molar-refractivity contribution in [2.75, 3.05) is 13.2 Å². The standard InChI is InChI=1S/C77H124O5/c1-3-5-7-9-11-13-15-17-19-21-23-25-27-29-31-33-35-37-38-40-41-43-45-47-49-51-53-55-57-59-61-63-65-67-69-71-76(79)81-74-75(73-78)82-77(80)72-70-68-66-64-62-60-58-56-54-52-50-48-46-44-42-39-36-34-32-30-28-26-24-22-20-18-16-14-12-10-8-6-4-2/h5-8,11-14,17-20,23-26,29-32,36,39,44,46,50,52,56,58,75,78H,3-4,9-10,15-16,21-22,27-28,33-35,37-38,40-43,45,47-49,51,53-55,57,59-74H2,1-2H3/b7-5-,8-6-,13-11-,14-12-,19-17-,20-18-,25-23-,26-24-,31-29-,32-30-,39-36-,46-44-,52-50-,58-56-. The van der Waals surface area contributed by atoms with Gasteiger partial charge in [-0.2, -0.15) is 0 Å². The van der Waals surface area contributed by atoms with Crippen molar-refractivity contribution in [1.82, 2.24) is 0 Å². The van der Waals surface area contributed by atoms with Gasteiger partial charge >= 0.3 is 11.9 Å². The molecule has 0 amide bonds. The molecule has 5 nitrogen and oxygen atoms in total.